The standard InChI is InChI=1S/C19H22N2O5S/c1-14(15-8-5-4-6-9-15)20-18(22)13-26-19(23)16-10-7-11-17(12-16)27(24,25)21(2)3/h4-12,14H,13H2,1-3H3,(H,20,22)/t14-/m1/s1. The molecule has 2 aromatic rings. The number of rotatable bonds is 7. The molecule has 1 amide bonds. The lowest BCUT2D eigenvalue weighted by molar-refractivity contribution is -0.124. The van der Waals surface area contributed by atoms with Gasteiger partial charge in [0.2, 0.25) is 10.0 Å². The summed E-state index contributed by atoms with van der Waals surface area (Å²) in [7, 11) is -0.862. The average Bonchev–Trinajstić information content (AvgIpc) is 2.66. The van der Waals surface area contributed by atoms with Gasteiger partial charge in [-0.3, -0.25) is 4.79 Å². The van der Waals surface area contributed by atoms with E-state index in [-0.39, 0.29) is 16.5 Å². The molecule has 0 aliphatic heterocycles. The van der Waals surface area contributed by atoms with Gasteiger partial charge in [0, 0.05) is 14.1 Å². The van der Waals surface area contributed by atoms with Crippen molar-refractivity contribution >= 4 is 21.9 Å². The monoisotopic (exact) mass is 390 g/mol. The maximum atomic E-state index is 12.1. The smallest absolute Gasteiger partial charge is 0.338 e. The van der Waals surface area contributed by atoms with E-state index in [9.17, 15) is 18.0 Å². The van der Waals surface area contributed by atoms with Crippen LogP contribution in [-0.4, -0.2) is 45.3 Å². The second-order valence-corrected chi connectivity index (χ2v) is 8.24. The number of carbonyl (C=O) groups is 2. The van der Waals surface area contributed by atoms with Gasteiger partial charge in [0.1, 0.15) is 0 Å². The first kappa shape index (κ1) is 20.6. The molecule has 0 aliphatic rings. The lowest BCUT2D eigenvalue weighted by Crippen LogP contribution is -2.31. The van der Waals surface area contributed by atoms with E-state index in [0.29, 0.717) is 0 Å². The highest BCUT2D eigenvalue weighted by atomic mass is 32.2. The van der Waals surface area contributed by atoms with E-state index in [1.807, 2.05) is 37.3 Å². The number of carbonyl (C=O) groups excluding carboxylic acids is 2. The first-order chi connectivity index (χ1) is 12.7. The number of nitrogens with one attached hydrogen (secondary N) is 1. The Labute approximate surface area is 159 Å². The zero-order chi connectivity index (χ0) is 20.0. The molecule has 0 saturated heterocycles. The van der Waals surface area contributed by atoms with Gasteiger partial charge in [-0.05, 0) is 30.7 Å². The van der Waals surface area contributed by atoms with Gasteiger partial charge < -0.3 is 10.1 Å². The molecule has 0 heterocycles. The molecular weight excluding hydrogens is 368 g/mol. The minimum Gasteiger partial charge on any atom is -0.452 e. The summed E-state index contributed by atoms with van der Waals surface area (Å²) >= 11 is 0. The number of benzene rings is 2. The molecule has 2 rings (SSSR count). The third-order valence-electron chi connectivity index (χ3n) is 3.86. The van der Waals surface area contributed by atoms with Gasteiger partial charge in [-0.15, -0.1) is 0 Å². The van der Waals surface area contributed by atoms with Crippen LogP contribution in [0.4, 0.5) is 0 Å². The van der Waals surface area contributed by atoms with Gasteiger partial charge in [0.15, 0.2) is 6.61 Å². The van der Waals surface area contributed by atoms with Gasteiger partial charge in [0.25, 0.3) is 5.91 Å². The maximum absolute atomic E-state index is 12.1. The molecule has 2 aromatic carbocycles. The molecule has 144 valence electrons. The van der Waals surface area contributed by atoms with Crippen LogP contribution in [0.3, 0.4) is 0 Å². The Morgan fingerprint density at radius 1 is 1.07 bits per heavy atom. The highest BCUT2D eigenvalue weighted by molar-refractivity contribution is 7.89. The molecule has 0 fully saturated rings. The van der Waals surface area contributed by atoms with E-state index in [2.05, 4.69) is 5.32 Å². The second kappa shape index (κ2) is 8.79. The van der Waals surface area contributed by atoms with Crippen molar-refractivity contribution in [2.75, 3.05) is 20.7 Å². The summed E-state index contributed by atoms with van der Waals surface area (Å²) in [4.78, 5) is 24.1. The predicted octanol–water partition coefficient (Wildman–Crippen LogP) is 1.97. The Bertz CT molecular complexity index is 911. The summed E-state index contributed by atoms with van der Waals surface area (Å²) in [6.07, 6.45) is 0. The topological polar surface area (TPSA) is 92.8 Å². The van der Waals surface area contributed by atoms with E-state index in [4.69, 9.17) is 4.74 Å². The van der Waals surface area contributed by atoms with Gasteiger partial charge in [-0.25, -0.2) is 17.5 Å². The van der Waals surface area contributed by atoms with Gasteiger partial charge >= 0.3 is 5.97 Å². The summed E-state index contributed by atoms with van der Waals surface area (Å²) in [6, 6.07) is 14.6. The van der Waals surface area contributed by atoms with Crippen LogP contribution in [-0.2, 0) is 19.6 Å². The third-order valence-corrected chi connectivity index (χ3v) is 5.67. The molecule has 7 nitrogen and oxygen atoms in total. The highest BCUT2D eigenvalue weighted by Crippen LogP contribution is 2.15. The first-order valence-corrected chi connectivity index (χ1v) is 9.70. The number of sulfonamides is 1. The van der Waals surface area contributed by atoms with E-state index >= 15 is 0 Å². The average molecular weight is 390 g/mol. The van der Waals surface area contributed by atoms with Gasteiger partial charge in [-0.1, -0.05) is 36.4 Å². The Balaban J connectivity index is 1.97. The van der Waals surface area contributed by atoms with Crippen LogP contribution < -0.4 is 5.32 Å². The number of esters is 1. The SMILES string of the molecule is C[C@@H](NC(=O)COC(=O)c1cccc(S(=O)(=O)N(C)C)c1)c1ccccc1. The van der Waals surface area contributed by atoms with Crippen LogP contribution in [0.15, 0.2) is 59.5 Å². The maximum Gasteiger partial charge on any atom is 0.338 e. The van der Waals surface area contributed by atoms with Crippen molar-refractivity contribution in [2.45, 2.75) is 17.9 Å². The van der Waals surface area contributed by atoms with Crippen LogP contribution in [0.25, 0.3) is 0 Å². The fourth-order valence-corrected chi connectivity index (χ4v) is 3.27. The molecule has 0 saturated carbocycles. The highest BCUT2D eigenvalue weighted by Gasteiger charge is 2.19. The van der Waals surface area contributed by atoms with Crippen LogP contribution in [0, 0.1) is 0 Å². The van der Waals surface area contributed by atoms with Crippen molar-refractivity contribution in [2.24, 2.45) is 0 Å². The minimum absolute atomic E-state index is 0.0240. The molecule has 0 spiro atoms. The summed E-state index contributed by atoms with van der Waals surface area (Å²) < 4.78 is 30.3. The number of ether oxygens (including phenoxy) is 1. The normalized spacial score (nSPS) is 12.4. The van der Waals surface area contributed by atoms with Crippen LogP contribution in [0.2, 0.25) is 0 Å². The number of hydrogen-bond donors (Lipinski definition) is 1. The van der Waals surface area contributed by atoms with Crippen LogP contribution >= 0.6 is 0 Å². The number of nitrogens with zero attached hydrogens (tertiary/aromatic N) is 1. The Morgan fingerprint density at radius 3 is 2.37 bits per heavy atom. The van der Waals surface area contributed by atoms with Gasteiger partial charge in [0.05, 0.1) is 16.5 Å². The molecule has 0 aliphatic carbocycles. The zero-order valence-electron chi connectivity index (χ0n) is 15.4. The predicted molar refractivity (Wildman–Crippen MR) is 101 cm³/mol. The molecule has 0 unspecified atom stereocenters. The second-order valence-electron chi connectivity index (χ2n) is 6.09. The summed E-state index contributed by atoms with van der Waals surface area (Å²) in [5, 5.41) is 2.73. The van der Waals surface area contributed by atoms with Crippen molar-refractivity contribution in [1.29, 1.82) is 0 Å². The van der Waals surface area contributed by atoms with Crippen molar-refractivity contribution in [3.05, 3.63) is 65.7 Å². The molecule has 1 atom stereocenters. The van der Waals surface area contributed by atoms with Gasteiger partial charge in [-0.2, -0.15) is 0 Å². The molecular formula is C19H22N2O5S. The molecule has 0 bridgehead atoms. The molecule has 0 aromatic heterocycles. The summed E-state index contributed by atoms with van der Waals surface area (Å²) in [5.74, 6) is -1.22. The molecule has 27 heavy (non-hydrogen) atoms. The van der Waals surface area contributed by atoms with Crippen molar-refractivity contribution in [1.82, 2.24) is 9.62 Å². The summed E-state index contributed by atoms with van der Waals surface area (Å²) in [5.41, 5.74) is 0.987. The quantitative estimate of drug-likeness (QED) is 0.730. The van der Waals surface area contributed by atoms with E-state index in [0.717, 1.165) is 9.87 Å². The van der Waals surface area contributed by atoms with Crippen molar-refractivity contribution in [3.8, 4) is 0 Å². The third kappa shape index (κ3) is 5.38. The van der Waals surface area contributed by atoms with Crippen LogP contribution in [0.1, 0.15) is 28.9 Å². The molecule has 0 radical (unpaired) electrons. The lowest BCUT2D eigenvalue weighted by Gasteiger charge is -2.14. The summed E-state index contributed by atoms with van der Waals surface area (Å²) in [6.45, 7) is 1.37. The minimum atomic E-state index is -3.66. The van der Waals surface area contributed by atoms with E-state index < -0.39 is 28.5 Å². The Kier molecular flexibility index (Phi) is 6.70. The van der Waals surface area contributed by atoms with Crippen molar-refractivity contribution < 1.29 is 22.7 Å². The Morgan fingerprint density at radius 2 is 1.74 bits per heavy atom. The van der Waals surface area contributed by atoms with Crippen molar-refractivity contribution in [3.63, 3.8) is 0 Å². The van der Waals surface area contributed by atoms with Crippen LogP contribution in [0.5, 0.6) is 0 Å². The molecule has 1 N–H and O–H groups in total. The van der Waals surface area contributed by atoms with E-state index in [1.165, 1.54) is 38.4 Å². The zero-order valence-corrected chi connectivity index (χ0v) is 16.2. The lowest BCUT2D eigenvalue weighted by atomic mass is 10.1. The fourth-order valence-electron chi connectivity index (χ4n) is 2.32. The number of hydrogen-bond acceptors (Lipinski definition) is 5. The largest absolute Gasteiger partial charge is 0.452 e. The number of amides is 1. The fraction of sp³-hybridized carbons (Fsp3) is 0.263. The molecule has 8 heteroatoms. The first-order valence-electron chi connectivity index (χ1n) is 8.26. The van der Waals surface area contributed by atoms with E-state index in [1.54, 1.807) is 0 Å². The Hall–Kier alpha value is -2.71.